The lowest BCUT2D eigenvalue weighted by Gasteiger charge is -2.33. The van der Waals surface area contributed by atoms with Crippen molar-refractivity contribution in [2.24, 2.45) is 0 Å². The van der Waals surface area contributed by atoms with Crippen molar-refractivity contribution in [1.82, 2.24) is 15.5 Å². The molecule has 0 aromatic heterocycles. The van der Waals surface area contributed by atoms with E-state index in [1.165, 1.54) is 38.8 Å². The van der Waals surface area contributed by atoms with Gasteiger partial charge < -0.3 is 15.5 Å². The van der Waals surface area contributed by atoms with Crippen molar-refractivity contribution in [3.05, 3.63) is 0 Å². The van der Waals surface area contributed by atoms with Crippen molar-refractivity contribution in [2.45, 2.75) is 64.0 Å². The van der Waals surface area contributed by atoms with Crippen molar-refractivity contribution in [3.8, 4) is 0 Å². The SMILES string of the molecule is CC1CCCCN1CCCCNC(=O)[C@@H]1CCCN1.Cl. The van der Waals surface area contributed by atoms with E-state index in [1.807, 2.05) is 0 Å². The fourth-order valence-corrected chi connectivity index (χ4v) is 3.17. The summed E-state index contributed by atoms with van der Waals surface area (Å²) in [6, 6.07) is 0.827. The molecule has 2 N–H and O–H groups in total. The Morgan fingerprint density at radius 2 is 2.10 bits per heavy atom. The van der Waals surface area contributed by atoms with Crippen molar-refractivity contribution < 1.29 is 4.79 Å². The maximum Gasteiger partial charge on any atom is 0.237 e. The van der Waals surface area contributed by atoms with Gasteiger partial charge in [0.1, 0.15) is 0 Å². The molecule has 5 heteroatoms. The van der Waals surface area contributed by atoms with Crippen LogP contribution in [0, 0.1) is 0 Å². The van der Waals surface area contributed by atoms with Gasteiger partial charge in [-0.15, -0.1) is 12.4 Å². The van der Waals surface area contributed by atoms with Gasteiger partial charge in [0, 0.05) is 12.6 Å². The molecule has 2 saturated heterocycles. The van der Waals surface area contributed by atoms with Crippen molar-refractivity contribution in [1.29, 1.82) is 0 Å². The van der Waals surface area contributed by atoms with E-state index in [0.29, 0.717) is 0 Å². The van der Waals surface area contributed by atoms with E-state index in [4.69, 9.17) is 0 Å². The second-order valence-electron chi connectivity index (χ2n) is 6.03. The van der Waals surface area contributed by atoms with E-state index < -0.39 is 0 Å². The van der Waals surface area contributed by atoms with Crippen LogP contribution >= 0.6 is 12.4 Å². The minimum absolute atomic E-state index is 0. The van der Waals surface area contributed by atoms with Gasteiger partial charge >= 0.3 is 0 Å². The molecule has 0 aliphatic carbocycles. The van der Waals surface area contributed by atoms with Crippen LogP contribution in [0.1, 0.15) is 51.9 Å². The summed E-state index contributed by atoms with van der Waals surface area (Å²) in [5.41, 5.74) is 0. The van der Waals surface area contributed by atoms with Gasteiger partial charge in [-0.1, -0.05) is 6.42 Å². The summed E-state index contributed by atoms with van der Waals surface area (Å²) in [6.07, 6.45) is 8.52. The summed E-state index contributed by atoms with van der Waals surface area (Å²) in [5, 5.41) is 6.29. The molecule has 0 saturated carbocycles. The predicted molar refractivity (Wildman–Crippen MR) is 85.4 cm³/mol. The van der Waals surface area contributed by atoms with Crippen LogP contribution in [0.15, 0.2) is 0 Å². The average molecular weight is 304 g/mol. The molecule has 1 amide bonds. The summed E-state index contributed by atoms with van der Waals surface area (Å²) in [6.45, 7) is 6.62. The molecule has 118 valence electrons. The Morgan fingerprint density at radius 3 is 2.80 bits per heavy atom. The number of nitrogens with one attached hydrogen (secondary N) is 2. The molecular formula is C15H30ClN3O. The molecule has 0 spiro atoms. The first-order valence-electron chi connectivity index (χ1n) is 8.02. The van der Waals surface area contributed by atoms with Crippen LogP contribution < -0.4 is 10.6 Å². The first kappa shape index (κ1) is 17.7. The normalized spacial score (nSPS) is 27.1. The molecule has 2 rings (SSSR count). The number of halogens is 1. The second-order valence-corrected chi connectivity index (χ2v) is 6.03. The van der Waals surface area contributed by atoms with Crippen LogP contribution in [-0.2, 0) is 4.79 Å². The lowest BCUT2D eigenvalue weighted by Crippen LogP contribution is -2.41. The highest BCUT2D eigenvalue weighted by atomic mass is 35.5. The molecule has 0 radical (unpaired) electrons. The van der Waals surface area contributed by atoms with E-state index in [2.05, 4.69) is 22.5 Å². The summed E-state index contributed by atoms with van der Waals surface area (Å²) < 4.78 is 0. The lowest BCUT2D eigenvalue weighted by molar-refractivity contribution is -0.122. The molecule has 20 heavy (non-hydrogen) atoms. The molecular weight excluding hydrogens is 274 g/mol. The zero-order valence-corrected chi connectivity index (χ0v) is 13.5. The Labute approximate surface area is 129 Å². The maximum absolute atomic E-state index is 11.8. The number of piperidine rings is 1. The average Bonchev–Trinajstić information content (AvgIpc) is 2.94. The van der Waals surface area contributed by atoms with Gasteiger partial charge in [0.05, 0.1) is 6.04 Å². The highest BCUT2D eigenvalue weighted by Crippen LogP contribution is 2.16. The molecule has 2 atom stereocenters. The summed E-state index contributed by atoms with van der Waals surface area (Å²) in [7, 11) is 0. The van der Waals surface area contributed by atoms with Gasteiger partial charge in [0.2, 0.25) is 5.91 Å². The minimum atomic E-state index is 0. The fraction of sp³-hybridized carbons (Fsp3) is 0.933. The third kappa shape index (κ3) is 5.58. The quantitative estimate of drug-likeness (QED) is 0.737. The molecule has 4 nitrogen and oxygen atoms in total. The molecule has 0 aromatic rings. The van der Waals surface area contributed by atoms with Gasteiger partial charge in [-0.2, -0.15) is 0 Å². The molecule has 1 unspecified atom stereocenters. The number of nitrogens with zero attached hydrogens (tertiary/aromatic N) is 1. The number of carbonyl (C=O) groups is 1. The molecule has 0 bridgehead atoms. The van der Waals surface area contributed by atoms with Crippen molar-refractivity contribution in [2.75, 3.05) is 26.2 Å². The smallest absolute Gasteiger partial charge is 0.237 e. The van der Waals surface area contributed by atoms with Crippen molar-refractivity contribution in [3.63, 3.8) is 0 Å². The van der Waals surface area contributed by atoms with E-state index >= 15 is 0 Å². The number of hydrogen-bond acceptors (Lipinski definition) is 3. The number of unbranched alkanes of at least 4 members (excludes halogenated alkanes) is 1. The van der Waals surface area contributed by atoms with Gasteiger partial charge in [0.25, 0.3) is 0 Å². The zero-order chi connectivity index (χ0) is 13.5. The molecule has 2 heterocycles. The first-order chi connectivity index (χ1) is 9.27. The van der Waals surface area contributed by atoms with Crippen LogP contribution in [-0.4, -0.2) is 49.1 Å². The largest absolute Gasteiger partial charge is 0.355 e. The van der Waals surface area contributed by atoms with Crippen LogP contribution in [0.2, 0.25) is 0 Å². The van der Waals surface area contributed by atoms with Crippen LogP contribution in [0.4, 0.5) is 0 Å². The standard InChI is InChI=1S/C15H29N3O.ClH/c1-13-7-2-4-11-18(13)12-5-3-9-17-15(19)14-8-6-10-16-14;/h13-14,16H,2-12H2,1H3,(H,17,19);1H/t13?,14-;/m0./s1. The van der Waals surface area contributed by atoms with Gasteiger partial charge in [-0.05, 0) is 65.1 Å². The topological polar surface area (TPSA) is 44.4 Å². The Kier molecular flexibility index (Phi) is 8.50. The minimum Gasteiger partial charge on any atom is -0.355 e. The van der Waals surface area contributed by atoms with E-state index in [9.17, 15) is 4.79 Å². The first-order valence-corrected chi connectivity index (χ1v) is 8.02. The maximum atomic E-state index is 11.8. The fourth-order valence-electron chi connectivity index (χ4n) is 3.17. The van der Waals surface area contributed by atoms with Gasteiger partial charge in [0.15, 0.2) is 0 Å². The Balaban J connectivity index is 0.00000200. The van der Waals surface area contributed by atoms with Crippen molar-refractivity contribution >= 4 is 18.3 Å². The highest BCUT2D eigenvalue weighted by molar-refractivity contribution is 5.85. The second kappa shape index (κ2) is 9.59. The van der Waals surface area contributed by atoms with E-state index in [-0.39, 0.29) is 24.4 Å². The Morgan fingerprint density at radius 1 is 1.25 bits per heavy atom. The molecule has 2 aliphatic heterocycles. The molecule has 0 aromatic carbocycles. The number of rotatable bonds is 6. The third-order valence-electron chi connectivity index (χ3n) is 4.49. The van der Waals surface area contributed by atoms with Crippen LogP contribution in [0.25, 0.3) is 0 Å². The number of carbonyl (C=O) groups excluding carboxylic acids is 1. The number of amides is 1. The summed E-state index contributed by atoms with van der Waals surface area (Å²) in [5.74, 6) is 0.198. The van der Waals surface area contributed by atoms with Crippen LogP contribution in [0.5, 0.6) is 0 Å². The lowest BCUT2D eigenvalue weighted by atomic mass is 10.0. The van der Waals surface area contributed by atoms with Gasteiger partial charge in [-0.3, -0.25) is 4.79 Å². The summed E-state index contributed by atoms with van der Waals surface area (Å²) >= 11 is 0. The molecule has 2 aliphatic rings. The van der Waals surface area contributed by atoms with Crippen LogP contribution in [0.3, 0.4) is 0 Å². The van der Waals surface area contributed by atoms with Gasteiger partial charge in [-0.25, -0.2) is 0 Å². The van der Waals surface area contributed by atoms with E-state index in [0.717, 1.165) is 38.4 Å². The predicted octanol–water partition coefficient (Wildman–Crippen LogP) is 1.93. The van der Waals surface area contributed by atoms with E-state index in [1.54, 1.807) is 0 Å². The Hall–Kier alpha value is -0.320. The summed E-state index contributed by atoms with van der Waals surface area (Å²) in [4.78, 5) is 14.4. The molecule has 2 fully saturated rings. The highest BCUT2D eigenvalue weighted by Gasteiger charge is 2.21. The Bertz CT molecular complexity index is 282. The number of likely N-dealkylation sites (tertiary alicyclic amines) is 1. The third-order valence-corrected chi connectivity index (χ3v) is 4.49. The zero-order valence-electron chi connectivity index (χ0n) is 12.7. The monoisotopic (exact) mass is 303 g/mol. The number of hydrogen-bond donors (Lipinski definition) is 2.